The van der Waals surface area contributed by atoms with E-state index in [4.69, 9.17) is 0 Å². The first-order valence-electron chi connectivity index (χ1n) is 1.92. The molecule has 0 aliphatic rings. The van der Waals surface area contributed by atoms with Gasteiger partial charge in [0.05, 0.1) is 0 Å². The van der Waals surface area contributed by atoms with Crippen molar-refractivity contribution in [2.45, 2.75) is 6.92 Å². The summed E-state index contributed by atoms with van der Waals surface area (Å²) in [4.78, 5) is 0. The Balaban J connectivity index is 3.72. The minimum Gasteiger partial charge on any atom is -0.125 e. The maximum absolute atomic E-state index is 3.45. The zero-order chi connectivity index (χ0) is 5.91. The average molecular weight is 181 g/mol. The Morgan fingerprint density at radius 3 is 1.86 bits per heavy atom. The summed E-state index contributed by atoms with van der Waals surface area (Å²) in [5.74, 6) is 2.85. The first-order valence-corrected chi connectivity index (χ1v) is 6.22. The van der Waals surface area contributed by atoms with Gasteiger partial charge in [-0.3, -0.25) is 0 Å². The summed E-state index contributed by atoms with van der Waals surface area (Å²) in [7, 11) is -0.723. The van der Waals surface area contributed by atoms with Crippen LogP contribution < -0.4 is 0 Å². The van der Waals surface area contributed by atoms with Crippen molar-refractivity contribution < 1.29 is 0 Å². The highest BCUT2D eigenvalue weighted by Gasteiger charge is 1.96. The third-order valence-electron chi connectivity index (χ3n) is 0.345. The largest absolute Gasteiger partial charge is 0.125 e. The van der Waals surface area contributed by atoms with Crippen LogP contribution in [0.25, 0.3) is 0 Å². The minimum atomic E-state index is -0.723. The van der Waals surface area contributed by atoms with Crippen molar-refractivity contribution in [1.82, 2.24) is 0 Å². The lowest BCUT2D eigenvalue weighted by molar-refractivity contribution is 1.93. The molecule has 0 bridgehead atoms. The van der Waals surface area contributed by atoms with Crippen LogP contribution in [0.2, 0.25) is 0 Å². The smallest absolute Gasteiger partial charge is 0.00183 e. The highest BCUT2D eigenvalue weighted by molar-refractivity contribution is 9.58. The molecule has 7 heavy (non-hydrogen) atoms. The molecule has 42 valence electrons. The number of hydrogen-bond donors (Lipinski definition) is 0. The topological polar surface area (TPSA) is 0 Å². The molecule has 0 aliphatic heterocycles. The predicted molar refractivity (Wildman–Crippen MR) is 41.8 cm³/mol. The van der Waals surface area contributed by atoms with E-state index in [2.05, 4.69) is 38.5 Å². The second kappa shape index (κ2) is 2.64. The third kappa shape index (κ3) is 6.39. The van der Waals surface area contributed by atoms with Gasteiger partial charge in [0.2, 0.25) is 0 Å². The Bertz CT molecular complexity index is 101. The van der Waals surface area contributed by atoms with Crippen molar-refractivity contribution in [3.8, 4) is 11.2 Å². The van der Waals surface area contributed by atoms with Gasteiger partial charge in [-0.15, -0.1) is 8.46 Å². The fraction of sp³-hybridized carbons (Fsp3) is 0.600. The molecule has 0 unspecified atom stereocenters. The minimum absolute atomic E-state index is 0.723. The second-order valence-electron chi connectivity index (χ2n) is 1.55. The van der Waals surface area contributed by atoms with Crippen molar-refractivity contribution in [3.63, 3.8) is 0 Å². The summed E-state index contributed by atoms with van der Waals surface area (Å²) in [5.41, 5.74) is 0. The van der Waals surface area contributed by atoms with Gasteiger partial charge in [0, 0.05) is 0 Å². The first-order chi connectivity index (χ1) is 3.06. The summed E-state index contributed by atoms with van der Waals surface area (Å²) in [6.07, 6.45) is 4.20. The van der Waals surface area contributed by atoms with Crippen LogP contribution in [-0.4, -0.2) is 12.5 Å². The molecule has 0 N–H and O–H groups in total. The Labute approximate surface area is 54.2 Å². The molecule has 0 aliphatic carbocycles. The molecule has 0 radical (unpaired) electrons. The van der Waals surface area contributed by atoms with Gasteiger partial charge in [-0.25, -0.2) is 0 Å². The van der Waals surface area contributed by atoms with Crippen LogP contribution in [-0.2, 0) is 0 Å². The van der Waals surface area contributed by atoms with E-state index in [0.29, 0.717) is 0 Å². The molecule has 0 fully saturated rings. The zero-order valence-electron chi connectivity index (χ0n) is 4.79. The molecular weight excluding hydrogens is 172 g/mol. The van der Waals surface area contributed by atoms with Gasteiger partial charge < -0.3 is 0 Å². The SMILES string of the molecule is CC#CS(C)(C)Br. The number of hydrogen-bond acceptors (Lipinski definition) is 0. The highest BCUT2D eigenvalue weighted by Crippen LogP contribution is 2.46. The second-order valence-corrected chi connectivity index (χ2v) is 9.02. The van der Waals surface area contributed by atoms with Crippen molar-refractivity contribution >= 4 is 23.3 Å². The van der Waals surface area contributed by atoms with Crippen LogP contribution in [0, 0.1) is 11.2 Å². The number of halogens is 1. The molecule has 0 nitrogen and oxygen atoms in total. The van der Waals surface area contributed by atoms with Gasteiger partial charge in [0.15, 0.2) is 0 Å². The van der Waals surface area contributed by atoms with Crippen LogP contribution in [0.4, 0.5) is 0 Å². The maximum atomic E-state index is 3.45. The monoisotopic (exact) mass is 180 g/mol. The van der Waals surface area contributed by atoms with Gasteiger partial charge >= 0.3 is 0 Å². The number of rotatable bonds is 0. The van der Waals surface area contributed by atoms with Crippen molar-refractivity contribution in [1.29, 1.82) is 0 Å². The molecular formula is C5H9BrS. The van der Waals surface area contributed by atoms with E-state index in [1.807, 2.05) is 6.92 Å². The van der Waals surface area contributed by atoms with Crippen molar-refractivity contribution in [2.75, 3.05) is 12.5 Å². The Morgan fingerprint density at radius 1 is 1.43 bits per heavy atom. The van der Waals surface area contributed by atoms with E-state index in [-0.39, 0.29) is 0 Å². The lowest BCUT2D eigenvalue weighted by atomic mass is 10.9. The lowest BCUT2D eigenvalue weighted by Gasteiger charge is -2.10. The zero-order valence-corrected chi connectivity index (χ0v) is 7.19. The van der Waals surface area contributed by atoms with Gasteiger partial charge in [-0.1, -0.05) is 5.92 Å². The molecule has 0 aromatic rings. The first kappa shape index (κ1) is 7.39. The molecule has 2 heteroatoms. The van der Waals surface area contributed by atoms with Crippen molar-refractivity contribution in [3.05, 3.63) is 0 Å². The molecule has 0 heterocycles. The molecule has 0 amide bonds. The van der Waals surface area contributed by atoms with Gasteiger partial charge in [-0.05, 0) is 39.5 Å². The van der Waals surface area contributed by atoms with E-state index in [1.54, 1.807) is 0 Å². The lowest BCUT2D eigenvalue weighted by Crippen LogP contribution is -1.73. The van der Waals surface area contributed by atoms with E-state index in [9.17, 15) is 0 Å². The highest BCUT2D eigenvalue weighted by atomic mass is 79.9. The molecule has 0 rings (SSSR count). The van der Waals surface area contributed by atoms with Crippen LogP contribution >= 0.6 is 23.3 Å². The van der Waals surface area contributed by atoms with Crippen LogP contribution in [0.15, 0.2) is 0 Å². The molecule has 0 spiro atoms. The summed E-state index contributed by atoms with van der Waals surface area (Å²) in [5, 5.41) is 3.03. The van der Waals surface area contributed by atoms with Crippen molar-refractivity contribution in [2.24, 2.45) is 0 Å². The molecule has 0 aromatic heterocycles. The maximum Gasteiger partial charge on any atom is -0.00183 e. The van der Waals surface area contributed by atoms with E-state index in [0.717, 1.165) is 0 Å². The summed E-state index contributed by atoms with van der Waals surface area (Å²) in [6.45, 7) is 1.86. The fourth-order valence-corrected chi connectivity index (χ4v) is 1.21. The average Bonchev–Trinajstić information content (AvgIpc) is 1.30. The van der Waals surface area contributed by atoms with E-state index < -0.39 is 8.46 Å². The summed E-state index contributed by atoms with van der Waals surface area (Å²) in [6, 6.07) is 0. The Kier molecular flexibility index (Phi) is 2.78. The standard InChI is InChI=1S/C5H9BrS/c1-4-5-7(2,3)6/h1-3H3. The Hall–Kier alpha value is 0.390. The predicted octanol–water partition coefficient (Wildman–Crippen LogP) is 2.34. The van der Waals surface area contributed by atoms with Crippen LogP contribution in [0.3, 0.4) is 0 Å². The molecule has 0 atom stereocenters. The Morgan fingerprint density at radius 2 is 1.86 bits per heavy atom. The summed E-state index contributed by atoms with van der Waals surface area (Å²) >= 11 is 3.45. The van der Waals surface area contributed by atoms with E-state index >= 15 is 0 Å². The van der Waals surface area contributed by atoms with Crippen LogP contribution in [0.1, 0.15) is 6.92 Å². The normalized spacial score (nSPS) is 12.0. The van der Waals surface area contributed by atoms with Gasteiger partial charge in [-0.2, -0.15) is 0 Å². The molecule has 0 saturated heterocycles. The quantitative estimate of drug-likeness (QED) is 0.503. The van der Waals surface area contributed by atoms with Gasteiger partial charge in [0.25, 0.3) is 0 Å². The van der Waals surface area contributed by atoms with E-state index in [1.165, 1.54) is 0 Å². The van der Waals surface area contributed by atoms with Crippen LogP contribution in [0.5, 0.6) is 0 Å². The molecule has 0 aromatic carbocycles. The molecule has 0 saturated carbocycles. The van der Waals surface area contributed by atoms with Gasteiger partial charge in [0.1, 0.15) is 0 Å². The summed E-state index contributed by atoms with van der Waals surface area (Å²) < 4.78 is 0. The third-order valence-corrected chi connectivity index (χ3v) is 1.52. The fourth-order valence-electron chi connectivity index (χ4n) is 0.243.